The molecule has 0 spiro atoms. The van der Waals surface area contributed by atoms with E-state index in [9.17, 15) is 5.11 Å². The molecule has 0 fully saturated rings. The van der Waals surface area contributed by atoms with Crippen LogP contribution in [-0.2, 0) is 18.6 Å². The summed E-state index contributed by atoms with van der Waals surface area (Å²) in [5.74, 6) is 0. The first-order valence-corrected chi connectivity index (χ1v) is 10.5. The van der Waals surface area contributed by atoms with Crippen molar-refractivity contribution in [2.75, 3.05) is 33.7 Å². The molecule has 0 aliphatic rings. The Labute approximate surface area is 131 Å². The topological polar surface area (TPSA) is 57.2 Å². The Morgan fingerprint density at radius 2 is 1.76 bits per heavy atom. The quantitative estimate of drug-likeness (QED) is 0.360. The number of aliphatic hydroxyl groups is 1. The minimum atomic E-state index is -1.84. The van der Waals surface area contributed by atoms with Crippen LogP contribution in [0.4, 0.5) is 0 Å². The smallest absolute Gasteiger partial charge is 0.192 e. The standard InChI is InChI=1S/C15H34O5Si/c1-13(20-21(6,7)15(2,3)4)14(8-9-16)19-12-18-11-10-17-5/h13-14,16H,8-12H2,1-7H3/t13-,14-/m0/s1. The Morgan fingerprint density at radius 1 is 1.14 bits per heavy atom. The Morgan fingerprint density at radius 3 is 2.24 bits per heavy atom. The minimum absolute atomic E-state index is 0.0657. The van der Waals surface area contributed by atoms with E-state index in [1.54, 1.807) is 7.11 Å². The van der Waals surface area contributed by atoms with Crippen molar-refractivity contribution in [2.24, 2.45) is 0 Å². The monoisotopic (exact) mass is 322 g/mol. The van der Waals surface area contributed by atoms with Crippen LogP contribution in [0.3, 0.4) is 0 Å². The highest BCUT2D eigenvalue weighted by Gasteiger charge is 2.39. The summed E-state index contributed by atoms with van der Waals surface area (Å²) < 4.78 is 22.3. The minimum Gasteiger partial charge on any atom is -0.412 e. The van der Waals surface area contributed by atoms with Gasteiger partial charge in [0.1, 0.15) is 6.79 Å². The molecule has 2 atom stereocenters. The van der Waals surface area contributed by atoms with Gasteiger partial charge >= 0.3 is 0 Å². The molecule has 0 aliphatic carbocycles. The molecule has 0 aromatic heterocycles. The third kappa shape index (κ3) is 8.28. The van der Waals surface area contributed by atoms with Crippen LogP contribution >= 0.6 is 0 Å². The summed E-state index contributed by atoms with van der Waals surface area (Å²) >= 11 is 0. The van der Waals surface area contributed by atoms with Crippen molar-refractivity contribution in [2.45, 2.75) is 64.5 Å². The first kappa shape index (κ1) is 21.0. The molecule has 0 unspecified atom stereocenters. The number of hydrogen-bond donors (Lipinski definition) is 1. The molecule has 0 saturated heterocycles. The van der Waals surface area contributed by atoms with Crippen molar-refractivity contribution in [1.82, 2.24) is 0 Å². The maximum atomic E-state index is 9.20. The summed E-state index contributed by atoms with van der Waals surface area (Å²) in [6.45, 7) is 14.4. The molecule has 0 amide bonds. The van der Waals surface area contributed by atoms with Gasteiger partial charge in [0.2, 0.25) is 0 Å². The van der Waals surface area contributed by atoms with Crippen molar-refractivity contribution in [3.63, 3.8) is 0 Å². The third-order valence-corrected chi connectivity index (χ3v) is 8.59. The molecule has 128 valence electrons. The Balaban J connectivity index is 4.37. The predicted octanol–water partition coefficient (Wildman–Crippen LogP) is 2.78. The maximum absolute atomic E-state index is 9.20. The molecule has 1 N–H and O–H groups in total. The van der Waals surface area contributed by atoms with Gasteiger partial charge < -0.3 is 23.7 Å². The van der Waals surface area contributed by atoms with Crippen molar-refractivity contribution in [1.29, 1.82) is 0 Å². The van der Waals surface area contributed by atoms with Crippen LogP contribution in [0, 0.1) is 0 Å². The summed E-state index contributed by atoms with van der Waals surface area (Å²) in [6.07, 6.45) is 0.319. The SMILES string of the molecule is COCCOCO[C@@H](CCO)[C@H](C)O[Si](C)(C)C(C)(C)C. The summed E-state index contributed by atoms with van der Waals surface area (Å²) in [6, 6.07) is 0. The van der Waals surface area contributed by atoms with E-state index < -0.39 is 8.32 Å². The normalized spacial score (nSPS) is 16.0. The van der Waals surface area contributed by atoms with Gasteiger partial charge in [-0.25, -0.2) is 0 Å². The van der Waals surface area contributed by atoms with Gasteiger partial charge in [0.15, 0.2) is 8.32 Å². The van der Waals surface area contributed by atoms with Gasteiger partial charge in [-0.15, -0.1) is 0 Å². The first-order chi connectivity index (χ1) is 9.65. The predicted molar refractivity (Wildman–Crippen MR) is 87.0 cm³/mol. The third-order valence-electron chi connectivity index (χ3n) is 4.02. The highest BCUT2D eigenvalue weighted by Crippen LogP contribution is 2.37. The van der Waals surface area contributed by atoms with E-state index in [0.717, 1.165) is 0 Å². The molecule has 6 heteroatoms. The molecule has 0 heterocycles. The van der Waals surface area contributed by atoms with E-state index in [-0.39, 0.29) is 30.6 Å². The molecular weight excluding hydrogens is 288 g/mol. The lowest BCUT2D eigenvalue weighted by atomic mass is 10.2. The number of rotatable bonds is 11. The summed E-state index contributed by atoms with van der Waals surface area (Å²) in [7, 11) is -0.210. The van der Waals surface area contributed by atoms with E-state index in [4.69, 9.17) is 18.6 Å². The lowest BCUT2D eigenvalue weighted by Crippen LogP contribution is -2.47. The van der Waals surface area contributed by atoms with Gasteiger partial charge in [-0.2, -0.15) is 0 Å². The van der Waals surface area contributed by atoms with Crippen LogP contribution in [0.25, 0.3) is 0 Å². The molecule has 0 rings (SSSR count). The number of aliphatic hydroxyl groups excluding tert-OH is 1. The second-order valence-corrected chi connectivity index (χ2v) is 11.6. The van der Waals surface area contributed by atoms with Crippen molar-refractivity contribution in [3.05, 3.63) is 0 Å². The largest absolute Gasteiger partial charge is 0.412 e. The number of ether oxygens (including phenoxy) is 3. The van der Waals surface area contributed by atoms with Crippen LogP contribution in [0.2, 0.25) is 18.1 Å². The van der Waals surface area contributed by atoms with Gasteiger partial charge in [-0.1, -0.05) is 20.8 Å². The van der Waals surface area contributed by atoms with Gasteiger partial charge in [-0.3, -0.25) is 0 Å². The Hall–Kier alpha value is 0.0169. The molecule has 0 aliphatic heterocycles. The zero-order valence-electron chi connectivity index (χ0n) is 14.8. The van der Waals surface area contributed by atoms with Crippen molar-refractivity contribution >= 4 is 8.32 Å². The van der Waals surface area contributed by atoms with Gasteiger partial charge in [0, 0.05) is 13.7 Å². The fourth-order valence-electron chi connectivity index (χ4n) is 1.63. The van der Waals surface area contributed by atoms with Crippen LogP contribution in [0.15, 0.2) is 0 Å². The Kier molecular flexibility index (Phi) is 9.93. The highest BCUT2D eigenvalue weighted by molar-refractivity contribution is 6.74. The van der Waals surface area contributed by atoms with Crippen molar-refractivity contribution in [3.8, 4) is 0 Å². The summed E-state index contributed by atoms with van der Waals surface area (Å²) in [4.78, 5) is 0. The lowest BCUT2D eigenvalue weighted by molar-refractivity contribution is -0.128. The van der Waals surface area contributed by atoms with E-state index in [0.29, 0.717) is 19.6 Å². The van der Waals surface area contributed by atoms with Crippen LogP contribution < -0.4 is 0 Å². The van der Waals surface area contributed by atoms with Crippen LogP contribution in [0.5, 0.6) is 0 Å². The molecular formula is C15H34O5Si. The van der Waals surface area contributed by atoms with Crippen LogP contribution in [-0.4, -0.2) is 59.4 Å². The van der Waals surface area contributed by atoms with Gasteiger partial charge in [-0.05, 0) is 31.5 Å². The summed E-state index contributed by atoms with van der Waals surface area (Å²) in [5, 5.41) is 9.35. The number of methoxy groups -OCH3 is 1. The second kappa shape index (κ2) is 9.92. The molecule has 0 aromatic rings. The average molecular weight is 323 g/mol. The molecule has 5 nitrogen and oxygen atoms in total. The summed E-state index contributed by atoms with van der Waals surface area (Å²) in [5.41, 5.74) is 0. The zero-order valence-corrected chi connectivity index (χ0v) is 15.8. The Bertz CT molecular complexity index is 265. The van der Waals surface area contributed by atoms with E-state index >= 15 is 0 Å². The van der Waals surface area contributed by atoms with Crippen molar-refractivity contribution < 1.29 is 23.7 Å². The average Bonchev–Trinajstić information content (AvgIpc) is 2.35. The second-order valence-electron chi connectivity index (χ2n) is 6.82. The van der Waals surface area contributed by atoms with E-state index in [2.05, 4.69) is 33.9 Å². The maximum Gasteiger partial charge on any atom is 0.192 e. The molecule has 0 saturated carbocycles. The highest BCUT2D eigenvalue weighted by atomic mass is 28.4. The van der Waals surface area contributed by atoms with Gasteiger partial charge in [0.05, 0.1) is 25.4 Å². The van der Waals surface area contributed by atoms with E-state index in [1.807, 2.05) is 6.92 Å². The molecule has 0 bridgehead atoms. The molecule has 21 heavy (non-hydrogen) atoms. The van der Waals surface area contributed by atoms with Crippen LogP contribution in [0.1, 0.15) is 34.1 Å². The fraction of sp³-hybridized carbons (Fsp3) is 1.00. The first-order valence-electron chi connectivity index (χ1n) is 7.62. The number of hydrogen-bond acceptors (Lipinski definition) is 5. The van der Waals surface area contributed by atoms with Gasteiger partial charge in [0.25, 0.3) is 0 Å². The zero-order chi connectivity index (χ0) is 16.5. The fourth-order valence-corrected chi connectivity index (χ4v) is 3.07. The molecule has 0 aromatic carbocycles. The molecule has 0 radical (unpaired) electrons. The lowest BCUT2D eigenvalue weighted by Gasteiger charge is -2.40. The van der Waals surface area contributed by atoms with E-state index in [1.165, 1.54) is 0 Å².